The summed E-state index contributed by atoms with van der Waals surface area (Å²) in [6.07, 6.45) is 2.53. The summed E-state index contributed by atoms with van der Waals surface area (Å²) in [5.74, 6) is 0.268. The molecule has 1 aliphatic heterocycles. The predicted molar refractivity (Wildman–Crippen MR) is 132 cm³/mol. The maximum atomic E-state index is 12.2. The van der Waals surface area contributed by atoms with Crippen molar-refractivity contribution in [2.75, 3.05) is 18.8 Å². The van der Waals surface area contributed by atoms with Crippen LogP contribution in [0.3, 0.4) is 0 Å². The molecule has 2 aromatic carbocycles. The number of piperidine rings is 1. The summed E-state index contributed by atoms with van der Waals surface area (Å²) in [4.78, 5) is 29.5. The highest BCUT2D eigenvalue weighted by Gasteiger charge is 2.27. The highest BCUT2D eigenvalue weighted by molar-refractivity contribution is 7.16. The van der Waals surface area contributed by atoms with Gasteiger partial charge < -0.3 is 11.1 Å². The summed E-state index contributed by atoms with van der Waals surface area (Å²) in [5, 5.41) is 3.07. The summed E-state index contributed by atoms with van der Waals surface area (Å²) < 4.78 is 1.26. The van der Waals surface area contributed by atoms with Gasteiger partial charge in [-0.3, -0.25) is 14.5 Å². The molecule has 0 bridgehead atoms. The summed E-state index contributed by atoms with van der Waals surface area (Å²) in [6, 6.07) is 13.7. The van der Waals surface area contributed by atoms with Gasteiger partial charge in [-0.25, -0.2) is 4.98 Å². The van der Waals surface area contributed by atoms with Gasteiger partial charge in [0.15, 0.2) is 6.29 Å². The normalized spacial score (nSPS) is 15.1. The first-order valence-corrected chi connectivity index (χ1v) is 11.8. The molecule has 1 fully saturated rings. The van der Waals surface area contributed by atoms with Crippen molar-refractivity contribution in [1.29, 1.82) is 0 Å². The molecule has 170 valence electrons. The number of amides is 1. The molecule has 1 aliphatic rings. The minimum Gasteiger partial charge on any atom is -0.398 e. The number of hydrogen-bond donors (Lipinski definition) is 2. The molecule has 2 heterocycles. The van der Waals surface area contributed by atoms with E-state index < -0.39 is 0 Å². The number of carbonyl (C=O) groups excluding carboxylic acids is 2. The highest BCUT2D eigenvalue weighted by Crippen LogP contribution is 2.21. The zero-order valence-corrected chi connectivity index (χ0v) is 19.8. The molecule has 0 aliphatic carbocycles. The van der Waals surface area contributed by atoms with E-state index in [2.05, 4.69) is 21.3 Å². The number of benzene rings is 2. The summed E-state index contributed by atoms with van der Waals surface area (Å²) >= 11 is 1.68. The van der Waals surface area contributed by atoms with Gasteiger partial charge in [-0.15, -0.1) is 11.3 Å². The smallest absolute Gasteiger partial charge is 0.223 e. The molecule has 0 saturated carbocycles. The van der Waals surface area contributed by atoms with E-state index in [1.807, 2.05) is 56.6 Å². The molecule has 1 amide bonds. The molecular formula is C25H32N4O2S. The van der Waals surface area contributed by atoms with Crippen molar-refractivity contribution in [3.63, 3.8) is 0 Å². The molecule has 7 heteroatoms. The maximum Gasteiger partial charge on any atom is 0.223 e. The van der Waals surface area contributed by atoms with Crippen molar-refractivity contribution in [2.45, 2.75) is 45.7 Å². The number of fused-ring (bicyclic) bond motifs is 1. The van der Waals surface area contributed by atoms with E-state index in [4.69, 9.17) is 5.73 Å². The first-order valence-electron chi connectivity index (χ1n) is 10.9. The number of nitrogens with one attached hydrogen (secondary N) is 1. The largest absolute Gasteiger partial charge is 0.398 e. The number of thiazole rings is 1. The second-order valence-electron chi connectivity index (χ2n) is 9.19. The highest BCUT2D eigenvalue weighted by atomic mass is 32.1. The van der Waals surface area contributed by atoms with Crippen LogP contribution in [-0.4, -0.2) is 40.7 Å². The number of para-hydroxylation sites is 1. The van der Waals surface area contributed by atoms with Crippen LogP contribution >= 0.6 is 11.3 Å². The Bertz CT molecular complexity index is 1020. The van der Waals surface area contributed by atoms with Crippen molar-refractivity contribution in [3.8, 4) is 0 Å². The SMILES string of the molecule is CC(C)(C)NC(=O)C1CCN(Cc2ccc(C=O)c(N)c2)CC1.c1ccc2scnc2c1. The van der Waals surface area contributed by atoms with Crippen LogP contribution in [0.5, 0.6) is 0 Å². The Morgan fingerprint density at radius 2 is 1.94 bits per heavy atom. The van der Waals surface area contributed by atoms with E-state index in [0.29, 0.717) is 11.3 Å². The molecule has 0 radical (unpaired) electrons. The number of aldehydes is 1. The molecule has 1 aromatic heterocycles. The number of nitrogens with two attached hydrogens (primary N) is 1. The van der Waals surface area contributed by atoms with Crippen LogP contribution in [0.15, 0.2) is 48.0 Å². The lowest BCUT2D eigenvalue weighted by Gasteiger charge is -2.33. The van der Waals surface area contributed by atoms with Gasteiger partial charge in [0.1, 0.15) is 0 Å². The van der Waals surface area contributed by atoms with Crippen LogP contribution in [0, 0.1) is 5.92 Å². The molecule has 0 atom stereocenters. The molecule has 0 unspecified atom stereocenters. The Labute approximate surface area is 193 Å². The number of carbonyl (C=O) groups is 2. The quantitative estimate of drug-likeness (QED) is 0.449. The minimum absolute atomic E-state index is 0.105. The second kappa shape index (κ2) is 10.7. The van der Waals surface area contributed by atoms with E-state index in [0.717, 1.165) is 49.8 Å². The molecule has 0 spiro atoms. The molecule has 3 N–H and O–H groups in total. The van der Waals surface area contributed by atoms with E-state index in [1.54, 1.807) is 17.4 Å². The molecule has 32 heavy (non-hydrogen) atoms. The van der Waals surface area contributed by atoms with Crippen molar-refractivity contribution in [2.24, 2.45) is 5.92 Å². The summed E-state index contributed by atoms with van der Waals surface area (Å²) in [5.41, 5.74) is 10.8. The number of likely N-dealkylation sites (tertiary alicyclic amines) is 1. The van der Waals surface area contributed by atoms with Gasteiger partial charge in [-0.05, 0) is 76.5 Å². The van der Waals surface area contributed by atoms with Crippen LogP contribution < -0.4 is 11.1 Å². The zero-order valence-electron chi connectivity index (χ0n) is 19.0. The monoisotopic (exact) mass is 452 g/mol. The van der Waals surface area contributed by atoms with Gasteiger partial charge in [0.2, 0.25) is 5.91 Å². The van der Waals surface area contributed by atoms with Crippen LogP contribution in [0.2, 0.25) is 0 Å². The summed E-state index contributed by atoms with van der Waals surface area (Å²) in [7, 11) is 0. The Morgan fingerprint density at radius 3 is 2.56 bits per heavy atom. The minimum atomic E-state index is -0.175. The molecule has 1 saturated heterocycles. The van der Waals surface area contributed by atoms with Gasteiger partial charge in [0, 0.05) is 29.3 Å². The average Bonchev–Trinajstić information content (AvgIpc) is 3.23. The Hall–Kier alpha value is -2.77. The van der Waals surface area contributed by atoms with Crippen LogP contribution in [0.1, 0.15) is 49.5 Å². The van der Waals surface area contributed by atoms with E-state index in [1.165, 1.54) is 4.70 Å². The fourth-order valence-corrected chi connectivity index (χ4v) is 4.39. The third kappa shape index (κ3) is 6.87. The standard InChI is InChI=1S/C18H27N3O2.C7H5NS/c1-18(2,3)20-17(23)14-6-8-21(9-7-14)11-13-4-5-15(12-22)16(19)10-13;1-2-4-7-6(3-1)8-5-9-7/h4-5,10,12,14H,6-9,11,19H2,1-3H3,(H,20,23);1-5H. The van der Waals surface area contributed by atoms with Crippen LogP contribution in [-0.2, 0) is 11.3 Å². The van der Waals surface area contributed by atoms with Crippen molar-refractivity contribution in [1.82, 2.24) is 15.2 Å². The average molecular weight is 453 g/mol. The van der Waals surface area contributed by atoms with E-state index >= 15 is 0 Å². The number of rotatable bonds is 4. The Morgan fingerprint density at radius 1 is 1.22 bits per heavy atom. The maximum absolute atomic E-state index is 12.2. The topological polar surface area (TPSA) is 88.3 Å². The number of aromatic nitrogens is 1. The third-order valence-corrected chi connectivity index (χ3v) is 6.19. The molecule has 6 nitrogen and oxygen atoms in total. The van der Waals surface area contributed by atoms with Crippen molar-refractivity contribution < 1.29 is 9.59 Å². The lowest BCUT2D eigenvalue weighted by atomic mass is 9.94. The zero-order chi connectivity index (χ0) is 23.1. The van der Waals surface area contributed by atoms with Gasteiger partial charge in [0.25, 0.3) is 0 Å². The lowest BCUT2D eigenvalue weighted by Crippen LogP contribution is -2.46. The molecular weight excluding hydrogens is 420 g/mol. The van der Waals surface area contributed by atoms with Gasteiger partial charge in [-0.2, -0.15) is 0 Å². The predicted octanol–water partition coefficient (Wildman–Crippen LogP) is 4.50. The molecule has 4 rings (SSSR count). The number of nitrogen functional groups attached to an aromatic ring is 1. The van der Waals surface area contributed by atoms with Crippen LogP contribution in [0.4, 0.5) is 5.69 Å². The van der Waals surface area contributed by atoms with E-state index in [-0.39, 0.29) is 17.4 Å². The first kappa shape index (κ1) is 23.9. The summed E-state index contributed by atoms with van der Waals surface area (Å²) in [6.45, 7) is 8.63. The van der Waals surface area contributed by atoms with Crippen molar-refractivity contribution >= 4 is 39.4 Å². The van der Waals surface area contributed by atoms with Crippen molar-refractivity contribution in [3.05, 3.63) is 59.1 Å². The molecule has 3 aromatic rings. The van der Waals surface area contributed by atoms with Gasteiger partial charge in [-0.1, -0.05) is 18.2 Å². The lowest BCUT2D eigenvalue weighted by molar-refractivity contribution is -0.127. The van der Waals surface area contributed by atoms with Crippen LogP contribution in [0.25, 0.3) is 10.2 Å². The van der Waals surface area contributed by atoms with E-state index in [9.17, 15) is 9.59 Å². The fraction of sp³-hybridized carbons (Fsp3) is 0.400. The Kier molecular flexibility index (Phi) is 7.99. The first-order chi connectivity index (χ1) is 15.2. The fourth-order valence-electron chi connectivity index (χ4n) is 3.72. The number of nitrogens with zero attached hydrogens (tertiary/aromatic N) is 2. The second-order valence-corrected chi connectivity index (χ2v) is 10.1. The number of hydrogen-bond acceptors (Lipinski definition) is 6. The Balaban J connectivity index is 0.000000264. The van der Waals surface area contributed by atoms with Gasteiger partial charge >= 0.3 is 0 Å². The third-order valence-electron chi connectivity index (χ3n) is 5.38. The van der Waals surface area contributed by atoms with Gasteiger partial charge in [0.05, 0.1) is 15.7 Å². The number of anilines is 1.